The second-order valence-corrected chi connectivity index (χ2v) is 6.32. The zero-order chi connectivity index (χ0) is 13.6. The van der Waals surface area contributed by atoms with Gasteiger partial charge in [0.05, 0.1) is 5.60 Å². The first-order chi connectivity index (χ1) is 9.76. The van der Waals surface area contributed by atoms with Crippen LogP contribution in [0.1, 0.15) is 60.7 Å². The van der Waals surface area contributed by atoms with Crippen LogP contribution in [0.4, 0.5) is 0 Å². The highest BCUT2D eigenvalue weighted by molar-refractivity contribution is 5.92. The van der Waals surface area contributed by atoms with E-state index in [0.29, 0.717) is 11.6 Å². The summed E-state index contributed by atoms with van der Waals surface area (Å²) in [6, 6.07) is 1.83. The van der Waals surface area contributed by atoms with Crippen LogP contribution in [0.15, 0.2) is 10.6 Å². The van der Waals surface area contributed by atoms with Gasteiger partial charge < -0.3 is 14.2 Å². The van der Waals surface area contributed by atoms with E-state index in [4.69, 9.17) is 9.26 Å². The second-order valence-electron chi connectivity index (χ2n) is 6.32. The standard InChI is InChI=1S/C15H20N2O3/c18-14(12-10-13(20-16-12)11-2-3-11)17-7-5-15(6-8-17)4-1-9-19-15/h10-11H,1-9H2. The molecular weight excluding hydrogens is 256 g/mol. The highest BCUT2D eigenvalue weighted by Crippen LogP contribution is 2.40. The van der Waals surface area contributed by atoms with Gasteiger partial charge in [-0.25, -0.2) is 0 Å². The monoisotopic (exact) mass is 276 g/mol. The number of carbonyl (C=O) groups is 1. The Bertz CT molecular complexity index is 505. The summed E-state index contributed by atoms with van der Waals surface area (Å²) in [4.78, 5) is 14.3. The van der Waals surface area contributed by atoms with E-state index in [0.717, 1.165) is 64.0 Å². The van der Waals surface area contributed by atoms with Crippen LogP contribution in [0.5, 0.6) is 0 Å². The predicted octanol–water partition coefficient (Wildman–Crippen LogP) is 2.34. The third kappa shape index (κ3) is 2.14. The lowest BCUT2D eigenvalue weighted by Gasteiger charge is -2.38. The minimum absolute atomic E-state index is 0.00787. The number of piperidine rings is 1. The van der Waals surface area contributed by atoms with Gasteiger partial charge in [-0.1, -0.05) is 5.16 Å². The molecule has 0 bridgehead atoms. The van der Waals surface area contributed by atoms with Gasteiger partial charge in [-0.2, -0.15) is 0 Å². The van der Waals surface area contributed by atoms with E-state index < -0.39 is 0 Å². The van der Waals surface area contributed by atoms with Gasteiger partial charge in [0.1, 0.15) is 5.76 Å². The molecule has 4 rings (SSSR count). The molecule has 1 saturated carbocycles. The summed E-state index contributed by atoms with van der Waals surface area (Å²) in [6.07, 6.45) is 6.52. The lowest BCUT2D eigenvalue weighted by atomic mass is 9.88. The second kappa shape index (κ2) is 4.58. The zero-order valence-electron chi connectivity index (χ0n) is 11.6. The molecule has 3 aliphatic rings. The molecule has 5 heteroatoms. The maximum absolute atomic E-state index is 12.4. The van der Waals surface area contributed by atoms with E-state index in [1.165, 1.54) is 0 Å². The van der Waals surface area contributed by atoms with Crippen molar-refractivity contribution in [1.82, 2.24) is 10.1 Å². The van der Waals surface area contributed by atoms with Gasteiger partial charge in [-0.05, 0) is 38.5 Å². The predicted molar refractivity (Wildman–Crippen MR) is 71.5 cm³/mol. The molecule has 2 saturated heterocycles. The fraction of sp³-hybridized carbons (Fsp3) is 0.733. The van der Waals surface area contributed by atoms with Crippen LogP contribution in [0, 0.1) is 0 Å². The van der Waals surface area contributed by atoms with Crippen molar-refractivity contribution in [3.8, 4) is 0 Å². The number of amides is 1. The smallest absolute Gasteiger partial charge is 0.276 e. The van der Waals surface area contributed by atoms with Crippen LogP contribution in [-0.4, -0.2) is 41.3 Å². The Balaban J connectivity index is 1.41. The van der Waals surface area contributed by atoms with E-state index in [2.05, 4.69) is 5.16 Å². The van der Waals surface area contributed by atoms with Crippen molar-refractivity contribution in [3.63, 3.8) is 0 Å². The van der Waals surface area contributed by atoms with Gasteiger partial charge in [0, 0.05) is 31.7 Å². The Morgan fingerprint density at radius 3 is 2.75 bits per heavy atom. The number of ether oxygens (including phenoxy) is 1. The highest BCUT2D eigenvalue weighted by Gasteiger charge is 2.40. The fourth-order valence-corrected chi connectivity index (χ4v) is 3.38. The summed E-state index contributed by atoms with van der Waals surface area (Å²) < 4.78 is 11.2. The molecule has 0 atom stereocenters. The molecule has 1 aromatic rings. The fourth-order valence-electron chi connectivity index (χ4n) is 3.38. The van der Waals surface area contributed by atoms with Crippen LogP contribution in [0.25, 0.3) is 0 Å². The van der Waals surface area contributed by atoms with Crippen molar-refractivity contribution in [2.45, 2.75) is 50.0 Å². The van der Waals surface area contributed by atoms with Crippen molar-refractivity contribution in [2.75, 3.05) is 19.7 Å². The van der Waals surface area contributed by atoms with Gasteiger partial charge in [0.2, 0.25) is 0 Å². The highest BCUT2D eigenvalue weighted by atomic mass is 16.5. The molecule has 108 valence electrons. The first-order valence-electron chi connectivity index (χ1n) is 7.66. The van der Waals surface area contributed by atoms with Gasteiger partial charge in [-0.3, -0.25) is 4.79 Å². The molecule has 0 aromatic carbocycles. The van der Waals surface area contributed by atoms with E-state index in [-0.39, 0.29) is 11.5 Å². The minimum atomic E-state index is 0.00787. The number of likely N-dealkylation sites (tertiary alicyclic amines) is 1. The molecule has 5 nitrogen and oxygen atoms in total. The van der Waals surface area contributed by atoms with Gasteiger partial charge in [0.25, 0.3) is 5.91 Å². The molecule has 20 heavy (non-hydrogen) atoms. The van der Waals surface area contributed by atoms with E-state index in [1.807, 2.05) is 11.0 Å². The Hall–Kier alpha value is -1.36. The normalized spacial score (nSPS) is 25.3. The van der Waals surface area contributed by atoms with Crippen LogP contribution < -0.4 is 0 Å². The third-order valence-corrected chi connectivity index (χ3v) is 4.87. The van der Waals surface area contributed by atoms with Crippen molar-refractivity contribution in [3.05, 3.63) is 17.5 Å². The number of hydrogen-bond acceptors (Lipinski definition) is 4. The lowest BCUT2D eigenvalue weighted by molar-refractivity contribution is -0.0388. The maximum atomic E-state index is 12.4. The lowest BCUT2D eigenvalue weighted by Crippen LogP contribution is -2.46. The molecule has 0 unspecified atom stereocenters. The first kappa shape index (κ1) is 12.4. The first-order valence-corrected chi connectivity index (χ1v) is 7.66. The van der Waals surface area contributed by atoms with Crippen molar-refractivity contribution in [2.24, 2.45) is 0 Å². The van der Waals surface area contributed by atoms with Gasteiger partial charge in [-0.15, -0.1) is 0 Å². The zero-order valence-corrected chi connectivity index (χ0v) is 11.6. The molecule has 3 fully saturated rings. The van der Waals surface area contributed by atoms with Gasteiger partial charge >= 0.3 is 0 Å². The number of aromatic nitrogens is 1. The van der Waals surface area contributed by atoms with Crippen LogP contribution in [0.2, 0.25) is 0 Å². The molecule has 0 N–H and O–H groups in total. The molecule has 0 radical (unpaired) electrons. The summed E-state index contributed by atoms with van der Waals surface area (Å²) in [5.74, 6) is 1.38. The topological polar surface area (TPSA) is 55.6 Å². The largest absolute Gasteiger partial charge is 0.375 e. The van der Waals surface area contributed by atoms with E-state index in [1.54, 1.807) is 0 Å². The number of rotatable bonds is 2. The van der Waals surface area contributed by atoms with E-state index >= 15 is 0 Å². The van der Waals surface area contributed by atoms with Crippen molar-refractivity contribution in [1.29, 1.82) is 0 Å². The molecular formula is C15H20N2O3. The summed E-state index contributed by atoms with van der Waals surface area (Å²) in [5, 5.41) is 3.94. The molecule has 1 aromatic heterocycles. The quantitative estimate of drug-likeness (QED) is 0.832. The Kier molecular flexibility index (Phi) is 2.84. The SMILES string of the molecule is O=C(c1cc(C2CC2)on1)N1CCC2(CCCO2)CC1. The third-order valence-electron chi connectivity index (χ3n) is 4.87. The van der Waals surface area contributed by atoms with Crippen molar-refractivity contribution >= 4 is 5.91 Å². The summed E-state index contributed by atoms with van der Waals surface area (Å²) >= 11 is 0. The Labute approximate surface area is 118 Å². The molecule has 2 aliphatic heterocycles. The van der Waals surface area contributed by atoms with Gasteiger partial charge in [0.15, 0.2) is 5.69 Å². The van der Waals surface area contributed by atoms with Crippen LogP contribution in [0.3, 0.4) is 0 Å². The Morgan fingerprint density at radius 2 is 2.10 bits per heavy atom. The minimum Gasteiger partial charge on any atom is -0.375 e. The summed E-state index contributed by atoms with van der Waals surface area (Å²) in [6.45, 7) is 2.41. The molecule has 1 aliphatic carbocycles. The van der Waals surface area contributed by atoms with Crippen LogP contribution >= 0.6 is 0 Å². The summed E-state index contributed by atoms with van der Waals surface area (Å²) in [5.41, 5.74) is 0.523. The average molecular weight is 276 g/mol. The number of carbonyl (C=O) groups excluding carboxylic acids is 1. The number of nitrogens with zero attached hydrogens (tertiary/aromatic N) is 2. The van der Waals surface area contributed by atoms with Crippen molar-refractivity contribution < 1.29 is 14.1 Å². The average Bonchev–Trinajstić information content (AvgIpc) is 3.04. The molecule has 3 heterocycles. The van der Waals surface area contributed by atoms with Crippen LogP contribution in [-0.2, 0) is 4.74 Å². The Morgan fingerprint density at radius 1 is 1.30 bits per heavy atom. The molecule has 1 amide bonds. The maximum Gasteiger partial charge on any atom is 0.276 e. The molecule has 1 spiro atoms. The number of hydrogen-bond donors (Lipinski definition) is 0. The summed E-state index contributed by atoms with van der Waals surface area (Å²) in [7, 11) is 0. The van der Waals surface area contributed by atoms with E-state index in [9.17, 15) is 4.79 Å².